The number of hydrogen-bond acceptors (Lipinski definition) is 2. The first-order chi connectivity index (χ1) is 7.95. The molecule has 1 aromatic rings. The molecule has 1 rings (SSSR count). The van der Waals surface area contributed by atoms with Crippen LogP contribution in [-0.4, -0.2) is 4.98 Å². The smallest absolute Gasteiger partial charge is 0.261 e. The summed E-state index contributed by atoms with van der Waals surface area (Å²) in [5.41, 5.74) is -0.981. The van der Waals surface area contributed by atoms with Crippen LogP contribution < -0.4 is 0 Å². The number of aryl methyl sites for hydroxylation is 1. The zero-order valence-electron chi connectivity index (χ0n) is 10.7. The van der Waals surface area contributed by atoms with Crippen molar-refractivity contribution < 1.29 is 13.2 Å². The standard InChI is InChI=1S/C8H5F3N2.2C2H6/c1-5-2-6(3-12)7(4-13-5)8(9,10)11;2*1-2/h2,4H,1H3;2*1-2H3. The van der Waals surface area contributed by atoms with Crippen LogP contribution in [0.3, 0.4) is 0 Å². The summed E-state index contributed by atoms with van der Waals surface area (Å²) in [6, 6.07) is 2.60. The average Bonchev–Trinajstić information content (AvgIpc) is 2.32. The molecule has 0 bridgehead atoms. The molecule has 2 nitrogen and oxygen atoms in total. The molecule has 0 fully saturated rings. The van der Waals surface area contributed by atoms with Crippen LogP contribution in [0.5, 0.6) is 0 Å². The zero-order valence-corrected chi connectivity index (χ0v) is 10.7. The van der Waals surface area contributed by atoms with E-state index in [0.29, 0.717) is 11.9 Å². The van der Waals surface area contributed by atoms with Gasteiger partial charge in [-0.15, -0.1) is 0 Å². The Labute approximate surface area is 100 Å². The van der Waals surface area contributed by atoms with Crippen molar-refractivity contribution in [3.63, 3.8) is 0 Å². The van der Waals surface area contributed by atoms with E-state index in [0.717, 1.165) is 6.07 Å². The Morgan fingerprint density at radius 3 is 2.00 bits per heavy atom. The molecule has 0 saturated carbocycles. The lowest BCUT2D eigenvalue weighted by atomic mass is 10.1. The van der Waals surface area contributed by atoms with Gasteiger partial charge < -0.3 is 0 Å². The second-order valence-corrected chi connectivity index (χ2v) is 2.48. The number of hydrogen-bond donors (Lipinski definition) is 0. The van der Waals surface area contributed by atoms with Crippen molar-refractivity contribution in [1.29, 1.82) is 5.26 Å². The van der Waals surface area contributed by atoms with Gasteiger partial charge in [-0.3, -0.25) is 4.98 Å². The summed E-state index contributed by atoms with van der Waals surface area (Å²) in [7, 11) is 0. The molecular weight excluding hydrogens is 229 g/mol. The normalized spacial score (nSPS) is 9.12. The second kappa shape index (κ2) is 8.57. The van der Waals surface area contributed by atoms with Gasteiger partial charge in [-0.05, 0) is 13.0 Å². The highest BCUT2D eigenvalue weighted by molar-refractivity contribution is 5.38. The molecule has 0 aromatic carbocycles. The van der Waals surface area contributed by atoms with E-state index >= 15 is 0 Å². The van der Waals surface area contributed by atoms with Crippen LogP contribution >= 0.6 is 0 Å². The van der Waals surface area contributed by atoms with Crippen LogP contribution in [0.25, 0.3) is 0 Å². The molecule has 0 atom stereocenters. The summed E-state index contributed by atoms with van der Waals surface area (Å²) in [5, 5.41) is 8.43. The van der Waals surface area contributed by atoms with Crippen molar-refractivity contribution in [2.24, 2.45) is 0 Å². The fourth-order valence-electron chi connectivity index (χ4n) is 0.878. The van der Waals surface area contributed by atoms with Crippen LogP contribution in [0.15, 0.2) is 12.3 Å². The topological polar surface area (TPSA) is 36.7 Å². The number of aromatic nitrogens is 1. The van der Waals surface area contributed by atoms with E-state index in [4.69, 9.17) is 5.26 Å². The van der Waals surface area contributed by atoms with E-state index in [9.17, 15) is 13.2 Å². The van der Waals surface area contributed by atoms with Crippen molar-refractivity contribution >= 4 is 0 Å². The molecule has 0 unspecified atom stereocenters. The zero-order chi connectivity index (χ0) is 14.1. The van der Waals surface area contributed by atoms with Crippen LogP contribution in [0.1, 0.15) is 44.5 Å². The lowest BCUT2D eigenvalue weighted by Crippen LogP contribution is -2.08. The van der Waals surface area contributed by atoms with Gasteiger partial charge in [0.15, 0.2) is 0 Å². The lowest BCUT2D eigenvalue weighted by molar-refractivity contribution is -0.138. The summed E-state index contributed by atoms with van der Waals surface area (Å²) in [4.78, 5) is 3.48. The first kappa shape index (κ1) is 17.8. The second-order valence-electron chi connectivity index (χ2n) is 2.48. The fourth-order valence-corrected chi connectivity index (χ4v) is 0.878. The maximum Gasteiger partial charge on any atom is 0.419 e. The third-order valence-electron chi connectivity index (χ3n) is 1.47. The minimum Gasteiger partial charge on any atom is -0.261 e. The number of rotatable bonds is 0. The number of nitrogens with zero attached hydrogens (tertiary/aromatic N) is 2. The molecule has 0 N–H and O–H groups in total. The number of pyridine rings is 1. The summed E-state index contributed by atoms with van der Waals surface area (Å²) in [6.07, 6.45) is -3.83. The molecule has 0 saturated heterocycles. The summed E-state index contributed by atoms with van der Waals surface area (Å²) >= 11 is 0. The predicted molar refractivity (Wildman–Crippen MR) is 61.4 cm³/mol. The highest BCUT2D eigenvalue weighted by Gasteiger charge is 2.33. The Balaban J connectivity index is 0. The van der Waals surface area contributed by atoms with Gasteiger partial charge in [0.25, 0.3) is 0 Å². The van der Waals surface area contributed by atoms with E-state index in [2.05, 4.69) is 4.98 Å². The fraction of sp³-hybridized carbons (Fsp3) is 0.500. The summed E-state index contributed by atoms with van der Waals surface area (Å²) in [5.74, 6) is 0. The molecular formula is C12H17F3N2. The van der Waals surface area contributed by atoms with Crippen molar-refractivity contribution in [2.75, 3.05) is 0 Å². The molecule has 0 aliphatic carbocycles. The third-order valence-corrected chi connectivity index (χ3v) is 1.47. The highest BCUT2D eigenvalue weighted by Crippen LogP contribution is 2.31. The molecule has 0 aliphatic heterocycles. The number of halogens is 3. The summed E-state index contributed by atoms with van der Waals surface area (Å²) in [6.45, 7) is 9.53. The predicted octanol–water partition coefficient (Wildman–Crippen LogP) is 4.33. The molecule has 96 valence electrons. The van der Waals surface area contributed by atoms with Crippen LogP contribution in [0.2, 0.25) is 0 Å². The Bertz CT molecular complexity index is 365. The van der Waals surface area contributed by atoms with E-state index in [1.54, 1.807) is 0 Å². The SMILES string of the molecule is CC.CC.Cc1cc(C#N)c(C(F)(F)F)cn1. The van der Waals surface area contributed by atoms with Gasteiger partial charge in [0.2, 0.25) is 0 Å². The van der Waals surface area contributed by atoms with Gasteiger partial charge in [0, 0.05) is 11.9 Å². The quantitative estimate of drug-likeness (QED) is 0.683. The van der Waals surface area contributed by atoms with Gasteiger partial charge >= 0.3 is 6.18 Å². The van der Waals surface area contributed by atoms with Crippen LogP contribution in [0, 0.1) is 18.3 Å². The number of nitriles is 1. The Kier molecular flexibility index (Phi) is 8.98. The van der Waals surface area contributed by atoms with Crippen molar-refractivity contribution in [3.05, 3.63) is 29.1 Å². The van der Waals surface area contributed by atoms with Crippen molar-refractivity contribution in [3.8, 4) is 6.07 Å². The molecule has 0 aliphatic rings. The first-order valence-corrected chi connectivity index (χ1v) is 5.39. The average molecular weight is 246 g/mol. The molecule has 0 radical (unpaired) electrons. The molecule has 17 heavy (non-hydrogen) atoms. The molecule has 0 amide bonds. The summed E-state index contributed by atoms with van der Waals surface area (Å²) < 4.78 is 36.5. The van der Waals surface area contributed by atoms with Gasteiger partial charge in [0.1, 0.15) is 0 Å². The molecule has 0 spiro atoms. The van der Waals surface area contributed by atoms with Gasteiger partial charge in [-0.2, -0.15) is 18.4 Å². The maximum atomic E-state index is 12.2. The van der Waals surface area contributed by atoms with Crippen LogP contribution in [-0.2, 0) is 6.18 Å². The van der Waals surface area contributed by atoms with Gasteiger partial charge in [-0.25, -0.2) is 0 Å². The molecule has 1 heterocycles. The highest BCUT2D eigenvalue weighted by atomic mass is 19.4. The maximum absolute atomic E-state index is 12.2. The lowest BCUT2D eigenvalue weighted by Gasteiger charge is -2.07. The van der Waals surface area contributed by atoms with Crippen molar-refractivity contribution in [1.82, 2.24) is 4.98 Å². The van der Waals surface area contributed by atoms with Crippen LogP contribution in [0.4, 0.5) is 13.2 Å². The molecule has 5 heteroatoms. The van der Waals surface area contributed by atoms with Gasteiger partial charge in [-0.1, -0.05) is 27.7 Å². The Morgan fingerprint density at radius 1 is 1.18 bits per heavy atom. The van der Waals surface area contributed by atoms with Crippen molar-refractivity contribution in [2.45, 2.75) is 40.8 Å². The minimum absolute atomic E-state index is 0.389. The minimum atomic E-state index is -4.51. The van der Waals surface area contributed by atoms with Gasteiger partial charge in [0.05, 0.1) is 17.2 Å². The number of alkyl halides is 3. The largest absolute Gasteiger partial charge is 0.419 e. The molecule has 1 aromatic heterocycles. The van der Waals surface area contributed by atoms with E-state index in [1.807, 2.05) is 27.7 Å². The monoisotopic (exact) mass is 246 g/mol. The van der Waals surface area contributed by atoms with E-state index in [1.165, 1.54) is 13.0 Å². The Hall–Kier alpha value is -1.57. The Morgan fingerprint density at radius 2 is 1.65 bits per heavy atom. The third kappa shape index (κ3) is 5.91. The van der Waals surface area contributed by atoms with E-state index < -0.39 is 11.7 Å². The first-order valence-electron chi connectivity index (χ1n) is 5.39. The van der Waals surface area contributed by atoms with E-state index in [-0.39, 0.29) is 5.56 Å².